The van der Waals surface area contributed by atoms with Crippen molar-refractivity contribution in [2.45, 2.75) is 0 Å². The van der Waals surface area contributed by atoms with Gasteiger partial charge in [0.25, 0.3) is 11.6 Å². The highest BCUT2D eigenvalue weighted by molar-refractivity contribution is 5.93. The zero-order chi connectivity index (χ0) is 38.2. The molecule has 52 heavy (non-hydrogen) atoms. The van der Waals surface area contributed by atoms with Crippen LogP contribution in [0, 0.1) is 64.5 Å². The Morgan fingerprint density at radius 3 is 1.90 bits per heavy atom. The van der Waals surface area contributed by atoms with Gasteiger partial charge in [-0.2, -0.15) is 15.4 Å². The summed E-state index contributed by atoms with van der Waals surface area (Å²) in [7, 11) is 4.00. The Labute approximate surface area is 299 Å². The number of nitriles is 4. The third-order valence-corrected chi connectivity index (χ3v) is 7.11. The van der Waals surface area contributed by atoms with Crippen molar-refractivity contribution in [2.75, 3.05) is 14.2 Å². The molecule has 0 N–H and O–H groups in total. The second kappa shape index (κ2) is 18.3. The number of allylic oxidation sites excluding steroid dienone is 9. The van der Waals surface area contributed by atoms with E-state index in [0.717, 1.165) is 0 Å². The van der Waals surface area contributed by atoms with Gasteiger partial charge in [-0.05, 0) is 29.8 Å². The van der Waals surface area contributed by atoms with Gasteiger partial charge in [0, 0.05) is 17.7 Å². The molecule has 13 nitrogen and oxygen atoms in total. The third kappa shape index (κ3) is 8.75. The number of carbonyl (C=O) groups is 2. The van der Waals surface area contributed by atoms with Gasteiger partial charge in [0.15, 0.2) is 0 Å². The van der Waals surface area contributed by atoms with E-state index in [4.69, 9.17) is 27.0 Å². The molecule has 0 aliphatic carbocycles. The van der Waals surface area contributed by atoms with Crippen LogP contribution < -0.4 is 9.67 Å². The van der Waals surface area contributed by atoms with Gasteiger partial charge in [-0.15, -0.1) is 23.8 Å². The largest absolute Gasteiger partial charge is 0.540 e. The summed E-state index contributed by atoms with van der Waals surface area (Å²) in [6.45, 7) is 14.9. The molecule has 3 rings (SSSR count). The quantitative estimate of drug-likeness (QED) is 0.0806. The van der Waals surface area contributed by atoms with Crippen LogP contribution in [0.15, 0.2) is 100 Å². The Hall–Kier alpha value is -8.36. The number of nitrogens with zero attached hydrogens (tertiary/aromatic N) is 7. The number of methoxy groups -OCH3 is 2. The molecule has 0 amide bonds. The second-order valence-electron chi connectivity index (χ2n) is 10.00. The Balaban J connectivity index is 1.95. The van der Waals surface area contributed by atoms with E-state index in [1.807, 2.05) is 12.1 Å². The number of aromatic nitrogens is 1. The predicted octanol–water partition coefficient (Wildman–Crippen LogP) is 5.59. The van der Waals surface area contributed by atoms with Gasteiger partial charge >= 0.3 is 11.9 Å². The molecular formula is C39H24N7O6-. The van der Waals surface area contributed by atoms with Crippen LogP contribution in [0.3, 0.4) is 0 Å². The average molecular weight is 687 g/mol. The molecule has 3 aromatic rings. The van der Waals surface area contributed by atoms with Crippen LogP contribution in [0.4, 0.5) is 0 Å². The topological polar surface area (TPSA) is 197 Å². The monoisotopic (exact) mass is 686 g/mol. The van der Waals surface area contributed by atoms with Gasteiger partial charge in [0.1, 0.15) is 13.0 Å². The van der Waals surface area contributed by atoms with E-state index in [9.17, 15) is 35.7 Å². The van der Waals surface area contributed by atoms with E-state index in [1.54, 1.807) is 19.2 Å². The summed E-state index contributed by atoms with van der Waals surface area (Å²) in [6, 6.07) is 18.9. The fourth-order valence-corrected chi connectivity index (χ4v) is 4.57. The van der Waals surface area contributed by atoms with Crippen molar-refractivity contribution in [2.24, 2.45) is 7.05 Å². The predicted molar refractivity (Wildman–Crippen MR) is 183 cm³/mol. The van der Waals surface area contributed by atoms with Gasteiger partial charge < -0.3 is 19.0 Å². The number of hydrogen-bond donors (Lipinski definition) is 0. The van der Waals surface area contributed by atoms with Crippen LogP contribution in [-0.2, 0) is 16.5 Å². The first-order valence-corrected chi connectivity index (χ1v) is 14.6. The Morgan fingerprint density at radius 1 is 0.846 bits per heavy atom. The summed E-state index contributed by atoms with van der Waals surface area (Å²) in [5, 5.41) is 51.6. The number of ether oxygens (including phenoxy) is 2. The van der Waals surface area contributed by atoms with Gasteiger partial charge in [0.2, 0.25) is 11.7 Å². The summed E-state index contributed by atoms with van der Waals surface area (Å²) in [4.78, 5) is 30.1. The van der Waals surface area contributed by atoms with Gasteiger partial charge in [-0.3, -0.25) is 0 Å². The lowest BCUT2D eigenvalue weighted by molar-refractivity contribution is -0.678. The van der Waals surface area contributed by atoms with Crippen molar-refractivity contribution in [3.05, 3.63) is 158 Å². The molecule has 0 bridgehead atoms. The van der Waals surface area contributed by atoms with Crippen molar-refractivity contribution in [3.8, 4) is 30.2 Å². The maximum Gasteiger partial charge on any atom is 0.337 e. The van der Waals surface area contributed by atoms with Crippen molar-refractivity contribution in [3.63, 3.8) is 0 Å². The normalized spacial score (nSPS) is 12.0. The summed E-state index contributed by atoms with van der Waals surface area (Å²) in [6.07, 6.45) is 9.77. The van der Waals surface area contributed by atoms with Crippen LogP contribution >= 0.6 is 0 Å². The summed E-state index contributed by atoms with van der Waals surface area (Å²) < 4.78 is 16.1. The molecule has 0 unspecified atom stereocenters. The third-order valence-electron chi connectivity index (χ3n) is 7.11. The molecule has 0 saturated carbocycles. The van der Waals surface area contributed by atoms with Crippen LogP contribution in [0.5, 0.6) is 5.95 Å². The number of esters is 2. The van der Waals surface area contributed by atoms with Gasteiger partial charge in [-0.25, -0.2) is 35.1 Å². The van der Waals surface area contributed by atoms with Gasteiger partial charge in [-0.1, -0.05) is 48.1 Å². The summed E-state index contributed by atoms with van der Waals surface area (Å²) >= 11 is 0. The molecule has 0 aliphatic rings. The zero-order valence-electron chi connectivity index (χ0n) is 27.7. The molecule has 252 valence electrons. The highest BCUT2D eigenvalue weighted by atomic mass is 16.5. The lowest BCUT2D eigenvalue weighted by Crippen LogP contribution is -2.32. The molecule has 1 heterocycles. The molecule has 13 heteroatoms. The van der Waals surface area contributed by atoms with E-state index in [-0.39, 0.29) is 56.7 Å². The highest BCUT2D eigenvalue weighted by Gasteiger charge is 2.17. The first-order chi connectivity index (χ1) is 25.1. The van der Waals surface area contributed by atoms with E-state index in [0.29, 0.717) is 11.1 Å². The Morgan fingerprint density at radius 2 is 1.42 bits per heavy atom. The molecule has 0 radical (unpaired) electrons. The first kappa shape index (κ1) is 38.1. The standard InChI is InChI=1S/C39H25N7O6/c1-44-31(23-42)35(25-13-17-27(18-14-25)37(47)50-4)29(21-40)9-6-7-11-33-39(49)52-34(46(33)3)12-8-10-30(22-41)36(32(24-43)45-2)26-15-19-28(20-16-26)38(48)51-5/h6-20,49H,3-5H3/p-1/b9-6+,11-7+,12-8+,30-10+,35-29+,36-32+. The van der Waals surface area contributed by atoms with E-state index in [1.165, 1.54) is 110 Å². The molecule has 2 aromatic carbocycles. The average Bonchev–Trinajstić information content (AvgIpc) is 3.45. The van der Waals surface area contributed by atoms with Crippen LogP contribution in [0.2, 0.25) is 0 Å². The zero-order valence-corrected chi connectivity index (χ0v) is 27.7. The number of carbonyl (C=O) groups excluding carboxylic acids is 2. The molecule has 0 atom stereocenters. The fraction of sp³-hybridized carbons (Fsp3) is 0.0769. The Bertz CT molecular complexity index is 2300. The minimum absolute atomic E-state index is 0.0313. The molecular weight excluding hydrogens is 662 g/mol. The van der Waals surface area contributed by atoms with Crippen molar-refractivity contribution < 1.29 is 33.2 Å². The SMILES string of the molecule is [C-]#[N+]/C(C#N)=C(/C(C#N)=C/C=C/c1oc([O-])c(/C=C/C=C/C(C#N)=C(/c2ccc(C(=O)OC)cc2)[C-](C#N)[N+]#[C-])[n+]1C)c1ccc(C(=O)OC)cc1. The lowest BCUT2D eigenvalue weighted by atomic mass is 9.93. The highest BCUT2D eigenvalue weighted by Crippen LogP contribution is 2.31. The van der Waals surface area contributed by atoms with Crippen LogP contribution in [0.1, 0.15) is 43.4 Å². The molecule has 1 aromatic heterocycles. The molecule has 0 spiro atoms. The van der Waals surface area contributed by atoms with E-state index in [2.05, 4.69) is 9.69 Å². The molecule has 0 fully saturated rings. The van der Waals surface area contributed by atoms with E-state index >= 15 is 0 Å². The number of rotatable bonds is 11. The minimum Gasteiger partial charge on any atom is -0.540 e. The lowest BCUT2D eigenvalue weighted by Gasteiger charge is -2.20. The molecule has 0 saturated heterocycles. The summed E-state index contributed by atoms with van der Waals surface area (Å²) in [5.74, 6) is -1.79. The Kier molecular flexibility index (Phi) is 13.4. The van der Waals surface area contributed by atoms with Crippen LogP contribution in [0.25, 0.3) is 33.0 Å². The molecule has 0 aliphatic heterocycles. The van der Waals surface area contributed by atoms with Crippen LogP contribution in [-0.4, -0.2) is 26.2 Å². The fourth-order valence-electron chi connectivity index (χ4n) is 4.57. The number of benzene rings is 2. The first-order valence-electron chi connectivity index (χ1n) is 14.6. The minimum atomic E-state index is -0.710. The number of hydrogen-bond acceptors (Lipinski definition) is 10. The van der Waals surface area contributed by atoms with E-state index < -0.39 is 17.9 Å². The second-order valence-corrected chi connectivity index (χ2v) is 10.00. The summed E-state index contributed by atoms with van der Waals surface area (Å²) in [5.41, 5.74) is 0.895. The van der Waals surface area contributed by atoms with Crippen molar-refractivity contribution in [1.82, 2.24) is 0 Å². The maximum absolute atomic E-state index is 12.7. The van der Waals surface area contributed by atoms with Gasteiger partial charge in [0.05, 0.1) is 62.3 Å². The van der Waals surface area contributed by atoms with Crippen molar-refractivity contribution >= 4 is 35.2 Å². The van der Waals surface area contributed by atoms with Crippen molar-refractivity contribution in [1.29, 1.82) is 21.0 Å². The number of oxazole rings is 1. The maximum atomic E-state index is 12.7. The smallest absolute Gasteiger partial charge is 0.337 e.